The molecule has 0 saturated carbocycles. The van der Waals surface area contributed by atoms with Crippen LogP contribution in [0.4, 0.5) is 0 Å². The van der Waals surface area contributed by atoms with E-state index < -0.39 is 10.0 Å². The van der Waals surface area contributed by atoms with Crippen molar-refractivity contribution in [2.75, 3.05) is 33.4 Å². The van der Waals surface area contributed by atoms with Crippen molar-refractivity contribution in [1.29, 1.82) is 0 Å². The van der Waals surface area contributed by atoms with Crippen LogP contribution in [-0.4, -0.2) is 52.0 Å². The number of nitrogens with one attached hydrogen (secondary N) is 1. The van der Waals surface area contributed by atoms with Crippen molar-refractivity contribution in [2.45, 2.75) is 31.1 Å². The summed E-state index contributed by atoms with van der Waals surface area (Å²) in [6.07, 6.45) is 2.78. The minimum absolute atomic E-state index is 0.160. The summed E-state index contributed by atoms with van der Waals surface area (Å²) in [5.41, 5.74) is 1.08. The zero-order valence-electron chi connectivity index (χ0n) is 17.4. The summed E-state index contributed by atoms with van der Waals surface area (Å²) < 4.78 is 38.1. The van der Waals surface area contributed by atoms with Gasteiger partial charge in [0.1, 0.15) is 18.1 Å². The fraction of sp³-hybridized carbons (Fsp3) is 0.409. The Morgan fingerprint density at radius 2 is 1.80 bits per heavy atom. The third-order valence-corrected chi connectivity index (χ3v) is 7.00. The zero-order chi connectivity index (χ0) is 21.6. The molecule has 1 saturated heterocycles. The van der Waals surface area contributed by atoms with Gasteiger partial charge >= 0.3 is 0 Å². The summed E-state index contributed by atoms with van der Waals surface area (Å²) in [5.74, 6) is 1.02. The van der Waals surface area contributed by atoms with Gasteiger partial charge in [0.05, 0.1) is 18.6 Å². The first-order chi connectivity index (χ1) is 14.4. The van der Waals surface area contributed by atoms with Gasteiger partial charge in [-0.3, -0.25) is 4.79 Å². The molecule has 2 aromatic rings. The molecule has 0 bridgehead atoms. The first kappa shape index (κ1) is 22.1. The topological polar surface area (TPSA) is 84.9 Å². The Balaban J connectivity index is 1.62. The van der Waals surface area contributed by atoms with Gasteiger partial charge in [0, 0.05) is 24.7 Å². The standard InChI is InChI=1S/C22H28N2O5S/c1-17-9-10-20(30(26,27)24-12-4-3-5-13-24)16-21(17)22(25)23-11-14-29-19-8-6-7-18(15-19)28-2/h6-10,15-16H,3-5,11-14H2,1-2H3,(H,23,25). The molecule has 1 amide bonds. The van der Waals surface area contributed by atoms with Gasteiger partial charge < -0.3 is 14.8 Å². The molecule has 0 radical (unpaired) electrons. The van der Waals surface area contributed by atoms with E-state index >= 15 is 0 Å². The maximum Gasteiger partial charge on any atom is 0.251 e. The lowest BCUT2D eigenvalue weighted by Crippen LogP contribution is -2.36. The molecule has 8 heteroatoms. The molecule has 0 aromatic heterocycles. The molecule has 2 aromatic carbocycles. The van der Waals surface area contributed by atoms with E-state index in [0.717, 1.165) is 24.8 Å². The van der Waals surface area contributed by atoms with Crippen molar-refractivity contribution in [3.05, 3.63) is 53.6 Å². The molecule has 1 aliphatic heterocycles. The van der Waals surface area contributed by atoms with E-state index in [2.05, 4.69) is 5.32 Å². The van der Waals surface area contributed by atoms with Crippen molar-refractivity contribution >= 4 is 15.9 Å². The highest BCUT2D eigenvalue weighted by Gasteiger charge is 2.27. The average molecular weight is 433 g/mol. The molecule has 0 spiro atoms. The van der Waals surface area contributed by atoms with E-state index in [1.807, 2.05) is 18.2 Å². The van der Waals surface area contributed by atoms with Crippen LogP contribution in [0.2, 0.25) is 0 Å². The quantitative estimate of drug-likeness (QED) is 0.648. The smallest absolute Gasteiger partial charge is 0.251 e. The highest BCUT2D eigenvalue weighted by molar-refractivity contribution is 7.89. The number of piperidine rings is 1. The van der Waals surface area contributed by atoms with Crippen LogP contribution in [0.15, 0.2) is 47.4 Å². The number of aryl methyl sites for hydroxylation is 1. The highest BCUT2D eigenvalue weighted by Crippen LogP contribution is 2.23. The van der Waals surface area contributed by atoms with E-state index in [1.54, 1.807) is 32.2 Å². The molecule has 30 heavy (non-hydrogen) atoms. The van der Waals surface area contributed by atoms with Gasteiger partial charge in [0.25, 0.3) is 5.91 Å². The average Bonchev–Trinajstić information content (AvgIpc) is 2.77. The molecular weight excluding hydrogens is 404 g/mol. The van der Waals surface area contributed by atoms with Gasteiger partial charge in [0.15, 0.2) is 0 Å². The number of carbonyl (C=O) groups is 1. The normalized spacial score (nSPS) is 14.9. The summed E-state index contributed by atoms with van der Waals surface area (Å²) in [5, 5.41) is 2.79. The molecule has 0 atom stereocenters. The molecule has 1 aliphatic rings. The molecule has 0 unspecified atom stereocenters. The number of carbonyl (C=O) groups excluding carboxylic acids is 1. The molecule has 0 aliphatic carbocycles. The fourth-order valence-electron chi connectivity index (χ4n) is 3.38. The van der Waals surface area contributed by atoms with Crippen molar-refractivity contribution in [2.24, 2.45) is 0 Å². The lowest BCUT2D eigenvalue weighted by molar-refractivity contribution is 0.0946. The predicted octanol–water partition coefficient (Wildman–Crippen LogP) is 2.99. The van der Waals surface area contributed by atoms with Gasteiger partial charge in [0.2, 0.25) is 10.0 Å². The third-order valence-electron chi connectivity index (χ3n) is 5.10. The summed E-state index contributed by atoms with van der Waals surface area (Å²) in [7, 11) is -2.00. The Labute approximate surface area is 178 Å². The lowest BCUT2D eigenvalue weighted by atomic mass is 10.1. The summed E-state index contributed by atoms with van der Waals surface area (Å²) in [6.45, 7) is 3.42. The number of amides is 1. The minimum Gasteiger partial charge on any atom is -0.497 e. The van der Waals surface area contributed by atoms with Crippen LogP contribution in [0.5, 0.6) is 11.5 Å². The predicted molar refractivity (Wildman–Crippen MR) is 115 cm³/mol. The van der Waals surface area contributed by atoms with Crippen LogP contribution in [-0.2, 0) is 10.0 Å². The molecule has 7 nitrogen and oxygen atoms in total. The second-order valence-corrected chi connectivity index (χ2v) is 9.16. The molecule has 3 rings (SSSR count). The van der Waals surface area contributed by atoms with Crippen LogP contribution in [0.25, 0.3) is 0 Å². The summed E-state index contributed by atoms with van der Waals surface area (Å²) in [6, 6.07) is 11.9. The number of sulfonamides is 1. The summed E-state index contributed by atoms with van der Waals surface area (Å²) >= 11 is 0. The Kier molecular flexibility index (Phi) is 7.33. The first-order valence-corrected chi connectivity index (χ1v) is 11.5. The molecule has 1 N–H and O–H groups in total. The van der Waals surface area contributed by atoms with Gasteiger partial charge in [-0.1, -0.05) is 18.6 Å². The van der Waals surface area contributed by atoms with E-state index in [9.17, 15) is 13.2 Å². The molecular formula is C22H28N2O5S. The van der Waals surface area contributed by atoms with Crippen molar-refractivity contribution < 1.29 is 22.7 Å². The number of hydrogen-bond donors (Lipinski definition) is 1. The third kappa shape index (κ3) is 5.31. The lowest BCUT2D eigenvalue weighted by Gasteiger charge is -2.26. The van der Waals surface area contributed by atoms with Gasteiger partial charge in [-0.15, -0.1) is 0 Å². The Morgan fingerprint density at radius 1 is 1.07 bits per heavy atom. The fourth-order valence-corrected chi connectivity index (χ4v) is 4.92. The Hall–Kier alpha value is -2.58. The Bertz CT molecular complexity index is 985. The van der Waals surface area contributed by atoms with E-state index in [1.165, 1.54) is 10.4 Å². The van der Waals surface area contributed by atoms with Crippen LogP contribution in [0.1, 0.15) is 35.2 Å². The number of benzene rings is 2. The number of nitrogens with zero attached hydrogens (tertiary/aromatic N) is 1. The van der Waals surface area contributed by atoms with Crippen molar-refractivity contribution in [3.8, 4) is 11.5 Å². The van der Waals surface area contributed by atoms with Gasteiger partial charge in [-0.2, -0.15) is 4.31 Å². The minimum atomic E-state index is -3.59. The Morgan fingerprint density at radius 3 is 2.53 bits per heavy atom. The number of ether oxygens (including phenoxy) is 2. The highest BCUT2D eigenvalue weighted by atomic mass is 32.2. The van der Waals surface area contributed by atoms with E-state index in [4.69, 9.17) is 9.47 Å². The van der Waals surface area contributed by atoms with E-state index in [0.29, 0.717) is 36.7 Å². The van der Waals surface area contributed by atoms with Gasteiger partial charge in [-0.05, 0) is 49.6 Å². The molecule has 1 heterocycles. The van der Waals surface area contributed by atoms with Crippen molar-refractivity contribution in [3.63, 3.8) is 0 Å². The number of methoxy groups -OCH3 is 1. The largest absolute Gasteiger partial charge is 0.497 e. The monoisotopic (exact) mass is 432 g/mol. The second-order valence-electron chi connectivity index (χ2n) is 7.22. The van der Waals surface area contributed by atoms with Crippen molar-refractivity contribution in [1.82, 2.24) is 9.62 Å². The van der Waals surface area contributed by atoms with Crippen LogP contribution >= 0.6 is 0 Å². The maximum absolute atomic E-state index is 12.9. The van der Waals surface area contributed by atoms with Crippen LogP contribution in [0, 0.1) is 6.92 Å². The second kappa shape index (κ2) is 9.95. The zero-order valence-corrected chi connectivity index (χ0v) is 18.2. The van der Waals surface area contributed by atoms with Crippen LogP contribution < -0.4 is 14.8 Å². The van der Waals surface area contributed by atoms with E-state index in [-0.39, 0.29) is 17.4 Å². The molecule has 1 fully saturated rings. The van der Waals surface area contributed by atoms with Crippen LogP contribution in [0.3, 0.4) is 0 Å². The van der Waals surface area contributed by atoms with Gasteiger partial charge in [-0.25, -0.2) is 8.42 Å². The SMILES string of the molecule is COc1cccc(OCCNC(=O)c2cc(S(=O)(=O)N3CCCCC3)ccc2C)c1. The maximum atomic E-state index is 12.9. The number of rotatable bonds is 8. The number of hydrogen-bond acceptors (Lipinski definition) is 5. The molecule has 162 valence electrons. The first-order valence-electron chi connectivity index (χ1n) is 10.1. The summed E-state index contributed by atoms with van der Waals surface area (Å²) in [4.78, 5) is 12.8.